The fourth-order valence-corrected chi connectivity index (χ4v) is 2.07. The molecule has 0 spiro atoms. The lowest BCUT2D eigenvalue weighted by molar-refractivity contribution is -0.0193. The lowest BCUT2D eigenvalue weighted by Crippen LogP contribution is -2.46. The van der Waals surface area contributed by atoms with E-state index in [2.05, 4.69) is 24.2 Å². The van der Waals surface area contributed by atoms with Crippen molar-refractivity contribution in [2.24, 2.45) is 5.92 Å². The molecule has 0 radical (unpaired) electrons. The first-order valence-electron chi connectivity index (χ1n) is 5.79. The van der Waals surface area contributed by atoms with Crippen LogP contribution in [-0.4, -0.2) is 50.3 Å². The molecule has 3 heteroatoms. The molecule has 0 amide bonds. The molecule has 1 N–H and O–H groups in total. The monoisotopic (exact) mass is 198 g/mol. The van der Waals surface area contributed by atoms with Crippen molar-refractivity contribution in [2.45, 2.75) is 31.9 Å². The molecule has 2 fully saturated rings. The Morgan fingerprint density at radius 2 is 2.29 bits per heavy atom. The summed E-state index contributed by atoms with van der Waals surface area (Å²) in [6, 6.07) is 0.686. The molecule has 0 bridgehead atoms. The molecule has 0 aromatic rings. The second-order valence-corrected chi connectivity index (χ2v) is 4.79. The van der Waals surface area contributed by atoms with Gasteiger partial charge in [-0.15, -0.1) is 0 Å². The minimum Gasteiger partial charge on any atom is -0.374 e. The van der Waals surface area contributed by atoms with Crippen LogP contribution < -0.4 is 5.32 Å². The summed E-state index contributed by atoms with van der Waals surface area (Å²) in [5.74, 6) is 0.941. The second-order valence-electron chi connectivity index (χ2n) is 4.79. The Kier molecular flexibility index (Phi) is 3.42. The largest absolute Gasteiger partial charge is 0.374 e. The maximum Gasteiger partial charge on any atom is 0.0826 e. The van der Waals surface area contributed by atoms with Gasteiger partial charge in [0.05, 0.1) is 12.7 Å². The smallest absolute Gasteiger partial charge is 0.0826 e. The molecule has 0 unspecified atom stereocenters. The minimum atomic E-state index is 0.398. The Bertz CT molecular complexity index is 182. The number of nitrogens with zero attached hydrogens (tertiary/aromatic N) is 1. The van der Waals surface area contributed by atoms with Crippen LogP contribution in [0.3, 0.4) is 0 Å². The molecule has 2 atom stereocenters. The summed E-state index contributed by atoms with van der Waals surface area (Å²) < 4.78 is 5.69. The minimum absolute atomic E-state index is 0.398. The lowest BCUT2D eigenvalue weighted by Gasteiger charge is -2.31. The molecule has 3 nitrogen and oxygen atoms in total. The van der Waals surface area contributed by atoms with Crippen molar-refractivity contribution in [3.63, 3.8) is 0 Å². The van der Waals surface area contributed by atoms with E-state index in [0.717, 1.165) is 32.2 Å². The zero-order valence-electron chi connectivity index (χ0n) is 9.33. The zero-order valence-corrected chi connectivity index (χ0v) is 9.33. The van der Waals surface area contributed by atoms with Crippen LogP contribution in [-0.2, 0) is 4.74 Å². The molecule has 82 valence electrons. The molecule has 1 aliphatic heterocycles. The third-order valence-electron chi connectivity index (χ3n) is 3.34. The van der Waals surface area contributed by atoms with Crippen molar-refractivity contribution in [3.05, 3.63) is 0 Å². The van der Waals surface area contributed by atoms with E-state index in [1.807, 2.05) is 0 Å². The van der Waals surface area contributed by atoms with Crippen molar-refractivity contribution in [1.82, 2.24) is 10.2 Å². The molecule has 2 rings (SSSR count). The lowest BCUT2D eigenvalue weighted by atomic mass is 10.2. The maximum absolute atomic E-state index is 5.69. The van der Waals surface area contributed by atoms with Gasteiger partial charge in [-0.3, -0.25) is 0 Å². The molecule has 1 saturated heterocycles. The third kappa shape index (κ3) is 2.94. The van der Waals surface area contributed by atoms with Gasteiger partial charge in [-0.25, -0.2) is 0 Å². The van der Waals surface area contributed by atoms with Crippen molar-refractivity contribution >= 4 is 0 Å². The van der Waals surface area contributed by atoms with Crippen LogP contribution in [0.5, 0.6) is 0 Å². The first-order chi connectivity index (χ1) is 6.75. The van der Waals surface area contributed by atoms with Gasteiger partial charge in [-0.05, 0) is 32.7 Å². The fraction of sp³-hybridized carbons (Fsp3) is 1.00. The van der Waals surface area contributed by atoms with Gasteiger partial charge in [0, 0.05) is 25.7 Å². The van der Waals surface area contributed by atoms with Gasteiger partial charge in [0.2, 0.25) is 0 Å². The van der Waals surface area contributed by atoms with Crippen LogP contribution in [0.15, 0.2) is 0 Å². The molecule has 1 saturated carbocycles. The Hall–Kier alpha value is -0.120. The highest BCUT2D eigenvalue weighted by Gasteiger charge is 2.28. The number of nitrogens with one attached hydrogen (secondary N) is 1. The van der Waals surface area contributed by atoms with Crippen LogP contribution in [0, 0.1) is 5.92 Å². The van der Waals surface area contributed by atoms with E-state index in [1.165, 1.54) is 12.8 Å². The highest BCUT2D eigenvalue weighted by molar-refractivity contribution is 4.84. The van der Waals surface area contributed by atoms with E-state index in [9.17, 15) is 0 Å². The molecule has 14 heavy (non-hydrogen) atoms. The summed E-state index contributed by atoms with van der Waals surface area (Å²) in [4.78, 5) is 2.34. The Labute approximate surface area is 86.8 Å². The average molecular weight is 198 g/mol. The highest BCUT2D eigenvalue weighted by Crippen LogP contribution is 2.32. The number of likely N-dealkylation sites (N-methyl/N-ethyl adjacent to an activating group) is 1. The second kappa shape index (κ2) is 4.60. The van der Waals surface area contributed by atoms with E-state index in [-0.39, 0.29) is 0 Å². The third-order valence-corrected chi connectivity index (χ3v) is 3.34. The van der Waals surface area contributed by atoms with E-state index in [0.29, 0.717) is 12.1 Å². The number of rotatable bonds is 4. The van der Waals surface area contributed by atoms with Gasteiger partial charge >= 0.3 is 0 Å². The number of ether oxygens (including phenoxy) is 1. The van der Waals surface area contributed by atoms with Gasteiger partial charge in [0.25, 0.3) is 0 Å². The zero-order chi connectivity index (χ0) is 9.97. The summed E-state index contributed by atoms with van der Waals surface area (Å²) in [7, 11) is 2.17. The van der Waals surface area contributed by atoms with Crippen molar-refractivity contribution in [3.8, 4) is 0 Å². The molecule has 0 aromatic heterocycles. The molecule has 2 aliphatic rings. The number of morpholine rings is 1. The SMILES string of the molecule is C[C@H](NC[C@@H]1CN(C)CCO1)C1CC1. The van der Waals surface area contributed by atoms with Gasteiger partial charge < -0.3 is 15.0 Å². The standard InChI is InChI=1S/C11H22N2O/c1-9(10-3-4-10)12-7-11-8-13(2)5-6-14-11/h9-12H,3-8H2,1-2H3/t9-,11+/m0/s1. The topological polar surface area (TPSA) is 24.5 Å². The summed E-state index contributed by atoms with van der Waals surface area (Å²) >= 11 is 0. The van der Waals surface area contributed by atoms with E-state index in [4.69, 9.17) is 4.74 Å². The Balaban J connectivity index is 1.63. The van der Waals surface area contributed by atoms with E-state index in [1.54, 1.807) is 0 Å². The molecular formula is C11H22N2O. The first kappa shape index (κ1) is 10.4. The van der Waals surface area contributed by atoms with Gasteiger partial charge in [-0.1, -0.05) is 0 Å². The molecule has 1 aliphatic carbocycles. The van der Waals surface area contributed by atoms with Gasteiger partial charge in [0.15, 0.2) is 0 Å². The van der Waals surface area contributed by atoms with Crippen molar-refractivity contribution in [1.29, 1.82) is 0 Å². The highest BCUT2D eigenvalue weighted by atomic mass is 16.5. The van der Waals surface area contributed by atoms with E-state index >= 15 is 0 Å². The Morgan fingerprint density at radius 1 is 1.50 bits per heavy atom. The average Bonchev–Trinajstić information content (AvgIpc) is 2.97. The number of hydrogen-bond acceptors (Lipinski definition) is 3. The predicted molar refractivity (Wildman–Crippen MR) is 57.4 cm³/mol. The first-order valence-corrected chi connectivity index (χ1v) is 5.79. The maximum atomic E-state index is 5.69. The fourth-order valence-electron chi connectivity index (χ4n) is 2.07. The van der Waals surface area contributed by atoms with Crippen LogP contribution >= 0.6 is 0 Å². The molecule has 0 aromatic carbocycles. The van der Waals surface area contributed by atoms with Crippen LogP contribution in [0.4, 0.5) is 0 Å². The van der Waals surface area contributed by atoms with Crippen molar-refractivity contribution < 1.29 is 4.74 Å². The predicted octanol–water partition coefficient (Wildman–Crippen LogP) is 0.705. The molecular weight excluding hydrogens is 176 g/mol. The van der Waals surface area contributed by atoms with Crippen LogP contribution in [0.25, 0.3) is 0 Å². The number of hydrogen-bond donors (Lipinski definition) is 1. The quantitative estimate of drug-likeness (QED) is 0.720. The van der Waals surface area contributed by atoms with Crippen molar-refractivity contribution in [2.75, 3.05) is 33.3 Å². The summed E-state index contributed by atoms with van der Waals surface area (Å²) in [6.45, 7) is 6.35. The normalized spacial score (nSPS) is 31.7. The van der Waals surface area contributed by atoms with Gasteiger partial charge in [0.1, 0.15) is 0 Å². The summed E-state index contributed by atoms with van der Waals surface area (Å²) in [5.41, 5.74) is 0. The summed E-state index contributed by atoms with van der Waals surface area (Å²) in [5, 5.41) is 3.58. The van der Waals surface area contributed by atoms with Crippen LogP contribution in [0.2, 0.25) is 0 Å². The molecule has 1 heterocycles. The van der Waals surface area contributed by atoms with E-state index < -0.39 is 0 Å². The Morgan fingerprint density at radius 3 is 2.93 bits per heavy atom. The van der Waals surface area contributed by atoms with Crippen LogP contribution in [0.1, 0.15) is 19.8 Å². The summed E-state index contributed by atoms with van der Waals surface area (Å²) in [6.07, 6.45) is 3.23. The van der Waals surface area contributed by atoms with Gasteiger partial charge in [-0.2, -0.15) is 0 Å².